The van der Waals surface area contributed by atoms with Crippen LogP contribution in [0.15, 0.2) is 42.5 Å². The van der Waals surface area contributed by atoms with E-state index in [0.717, 1.165) is 24.7 Å². The smallest absolute Gasteiger partial charge is 0.135 e. The van der Waals surface area contributed by atoms with Gasteiger partial charge in [0.2, 0.25) is 0 Å². The van der Waals surface area contributed by atoms with E-state index < -0.39 is 0 Å². The quantitative estimate of drug-likeness (QED) is 0.129. The van der Waals surface area contributed by atoms with Crippen molar-refractivity contribution in [2.24, 2.45) is 22.7 Å². The van der Waals surface area contributed by atoms with Crippen LogP contribution in [-0.2, 0) is 11.2 Å². The minimum absolute atomic E-state index is 0.424. The first-order chi connectivity index (χ1) is 22.8. The summed E-state index contributed by atoms with van der Waals surface area (Å²) in [6, 6.07) is 7.21. The summed E-state index contributed by atoms with van der Waals surface area (Å²) in [7, 11) is 0. The summed E-state index contributed by atoms with van der Waals surface area (Å²) in [5, 5.41) is 0. The maximum Gasteiger partial charge on any atom is 0.135 e. The SMILES string of the molecule is C=C1CCC2C1(C)CCC1c3ccc(C)cc3CCC12C.CC.CC.CCCCCCCC/C=C\CCCCCCCC(=O)C1CC1. The van der Waals surface area contributed by atoms with E-state index in [1.54, 1.807) is 16.7 Å². The average Bonchev–Trinajstić information content (AvgIpc) is 3.89. The van der Waals surface area contributed by atoms with Crippen LogP contribution >= 0.6 is 0 Å². The van der Waals surface area contributed by atoms with Gasteiger partial charge in [0.05, 0.1) is 0 Å². The Morgan fingerprint density at radius 3 is 2.00 bits per heavy atom. The number of carbonyl (C=O) groups excluding carboxylic acids is 1. The average molecular weight is 647 g/mol. The Bertz CT molecular complexity index is 1060. The number of fused-ring (bicyclic) bond motifs is 5. The van der Waals surface area contributed by atoms with Gasteiger partial charge in [-0.1, -0.05) is 148 Å². The molecule has 1 aromatic carbocycles. The van der Waals surface area contributed by atoms with Crippen LogP contribution in [0, 0.1) is 29.6 Å². The van der Waals surface area contributed by atoms with Crippen LogP contribution in [0.25, 0.3) is 0 Å². The molecule has 5 rings (SSSR count). The van der Waals surface area contributed by atoms with Crippen molar-refractivity contribution < 1.29 is 4.79 Å². The van der Waals surface area contributed by atoms with Gasteiger partial charge < -0.3 is 0 Å². The lowest BCUT2D eigenvalue weighted by molar-refractivity contribution is -0.120. The number of hydrogen-bond acceptors (Lipinski definition) is 1. The van der Waals surface area contributed by atoms with Gasteiger partial charge in [0.25, 0.3) is 0 Å². The minimum atomic E-state index is 0.424. The van der Waals surface area contributed by atoms with E-state index in [2.05, 4.69) is 64.6 Å². The molecule has 4 atom stereocenters. The predicted molar refractivity (Wildman–Crippen MR) is 209 cm³/mol. The van der Waals surface area contributed by atoms with E-state index in [1.807, 2.05) is 27.7 Å². The fourth-order valence-electron chi connectivity index (χ4n) is 9.13. The predicted octanol–water partition coefficient (Wildman–Crippen LogP) is 14.9. The van der Waals surface area contributed by atoms with Gasteiger partial charge in [-0.15, -0.1) is 0 Å². The van der Waals surface area contributed by atoms with Gasteiger partial charge in [0, 0.05) is 12.3 Å². The minimum Gasteiger partial charge on any atom is -0.299 e. The van der Waals surface area contributed by atoms with Gasteiger partial charge in [0.15, 0.2) is 0 Å². The lowest BCUT2D eigenvalue weighted by atomic mass is 9.48. The van der Waals surface area contributed by atoms with E-state index in [4.69, 9.17) is 0 Å². The largest absolute Gasteiger partial charge is 0.299 e. The summed E-state index contributed by atoms with van der Waals surface area (Å²) in [4.78, 5) is 11.5. The van der Waals surface area contributed by atoms with Crippen molar-refractivity contribution in [1.82, 2.24) is 0 Å². The van der Waals surface area contributed by atoms with Gasteiger partial charge in [0.1, 0.15) is 5.78 Å². The van der Waals surface area contributed by atoms with Crippen molar-refractivity contribution in [1.29, 1.82) is 0 Å². The molecule has 1 nitrogen and oxygen atoms in total. The molecule has 0 saturated heterocycles. The second-order valence-corrected chi connectivity index (χ2v) is 15.5. The molecule has 4 aliphatic carbocycles. The van der Waals surface area contributed by atoms with Crippen molar-refractivity contribution in [2.75, 3.05) is 0 Å². The van der Waals surface area contributed by atoms with Crippen molar-refractivity contribution >= 4 is 5.78 Å². The Kier molecular flexibility index (Phi) is 19.6. The maximum atomic E-state index is 11.5. The molecule has 0 aromatic heterocycles. The maximum absolute atomic E-state index is 11.5. The Labute approximate surface area is 294 Å². The number of allylic oxidation sites excluding steroid dienone is 3. The molecule has 1 aromatic rings. The van der Waals surface area contributed by atoms with Crippen molar-refractivity contribution in [3.63, 3.8) is 0 Å². The van der Waals surface area contributed by atoms with Crippen LogP contribution in [-0.4, -0.2) is 5.78 Å². The van der Waals surface area contributed by atoms with Gasteiger partial charge in [-0.25, -0.2) is 0 Å². The van der Waals surface area contributed by atoms with E-state index in [1.165, 1.54) is 134 Å². The molecule has 4 aliphatic rings. The first kappa shape index (κ1) is 41.5. The lowest BCUT2D eigenvalue weighted by Gasteiger charge is -2.56. The molecule has 4 unspecified atom stereocenters. The number of aryl methyl sites for hydroxylation is 2. The molecule has 0 aliphatic heterocycles. The van der Waals surface area contributed by atoms with Crippen LogP contribution in [0.2, 0.25) is 0 Å². The molecule has 0 amide bonds. The lowest BCUT2D eigenvalue weighted by Crippen LogP contribution is -2.47. The number of hydrogen-bond donors (Lipinski definition) is 0. The Balaban J connectivity index is 0.000000296. The zero-order chi connectivity index (χ0) is 34.7. The zero-order valence-electron chi connectivity index (χ0n) is 32.8. The highest BCUT2D eigenvalue weighted by Gasteiger charge is 2.57. The molecule has 3 saturated carbocycles. The summed E-state index contributed by atoms with van der Waals surface area (Å²) in [6.07, 6.45) is 33.2. The summed E-state index contributed by atoms with van der Waals surface area (Å²) in [5.74, 6) is 2.64. The number of rotatable bonds is 16. The van der Waals surface area contributed by atoms with Crippen LogP contribution in [0.4, 0.5) is 0 Å². The number of ketones is 1. The zero-order valence-corrected chi connectivity index (χ0v) is 32.8. The summed E-state index contributed by atoms with van der Waals surface area (Å²) < 4.78 is 0. The van der Waals surface area contributed by atoms with Crippen LogP contribution in [0.1, 0.15) is 206 Å². The Morgan fingerprint density at radius 2 is 1.38 bits per heavy atom. The number of carbonyl (C=O) groups is 1. The topological polar surface area (TPSA) is 17.1 Å². The number of Topliss-reactive ketones (excluding diaryl/α,β-unsaturated/α-hetero) is 1. The highest BCUT2D eigenvalue weighted by Crippen LogP contribution is 2.67. The Hall–Kier alpha value is -1.63. The molecule has 268 valence electrons. The van der Waals surface area contributed by atoms with Gasteiger partial charge in [-0.2, -0.15) is 0 Å². The highest BCUT2D eigenvalue weighted by molar-refractivity contribution is 5.83. The molecule has 1 heteroatoms. The standard InChI is InChI=1S/C21H38O.C21H28.2C2H6/c1-2-3-4-5-6-7-8-9-10-11-12-13-14-15-16-17-21(22)20-18-19-20;1-14-5-7-17-16(13-14)9-11-21(4)18(17)10-12-20(3)15(2)6-8-19(20)21;2*1-2/h9-10,20H,2-8,11-19H2,1H3;5,7,13,18-19H,2,6,8-12H2,1,3-4H3;2*1-2H3/b10-9-;;;. The number of unbranched alkanes of at least 4 members (excludes halogenated alkanes) is 11. The van der Waals surface area contributed by atoms with E-state index in [-0.39, 0.29) is 0 Å². The van der Waals surface area contributed by atoms with Gasteiger partial charge in [-0.3, -0.25) is 4.79 Å². The van der Waals surface area contributed by atoms with Crippen molar-refractivity contribution in [3.05, 3.63) is 59.2 Å². The van der Waals surface area contributed by atoms with Crippen LogP contribution < -0.4 is 0 Å². The van der Waals surface area contributed by atoms with E-state index >= 15 is 0 Å². The van der Waals surface area contributed by atoms with E-state index in [0.29, 0.717) is 22.5 Å². The summed E-state index contributed by atoms with van der Waals surface area (Å²) in [5.41, 5.74) is 7.20. The molecule has 47 heavy (non-hydrogen) atoms. The normalized spacial score (nSPS) is 25.7. The summed E-state index contributed by atoms with van der Waals surface area (Å²) in [6.45, 7) is 22.0. The molecule has 0 bridgehead atoms. The summed E-state index contributed by atoms with van der Waals surface area (Å²) >= 11 is 0. The molecular formula is C46H78O. The fourth-order valence-corrected chi connectivity index (χ4v) is 9.13. The second-order valence-electron chi connectivity index (χ2n) is 15.5. The van der Waals surface area contributed by atoms with Gasteiger partial charge >= 0.3 is 0 Å². The third-order valence-corrected chi connectivity index (χ3v) is 12.2. The molecule has 0 spiro atoms. The molecule has 3 fully saturated rings. The monoisotopic (exact) mass is 647 g/mol. The van der Waals surface area contributed by atoms with Crippen molar-refractivity contribution in [3.8, 4) is 0 Å². The third-order valence-electron chi connectivity index (χ3n) is 12.2. The second kappa shape index (κ2) is 22.2. The van der Waals surface area contributed by atoms with Crippen LogP contribution in [0.3, 0.4) is 0 Å². The van der Waals surface area contributed by atoms with E-state index in [9.17, 15) is 4.79 Å². The van der Waals surface area contributed by atoms with Gasteiger partial charge in [-0.05, 0) is 124 Å². The first-order valence-electron chi connectivity index (χ1n) is 20.7. The molecule has 0 radical (unpaired) electrons. The Morgan fingerprint density at radius 1 is 0.787 bits per heavy atom. The van der Waals surface area contributed by atoms with Crippen LogP contribution in [0.5, 0.6) is 0 Å². The molecule has 0 heterocycles. The first-order valence-corrected chi connectivity index (χ1v) is 20.7. The third kappa shape index (κ3) is 12.3. The van der Waals surface area contributed by atoms with Crippen molar-refractivity contribution in [2.45, 2.75) is 203 Å². The molecular weight excluding hydrogens is 569 g/mol. The highest BCUT2D eigenvalue weighted by atomic mass is 16.1. The number of benzene rings is 1. The molecule has 0 N–H and O–H groups in total. The fraction of sp³-hybridized carbons (Fsp3) is 0.761.